The van der Waals surface area contributed by atoms with E-state index in [2.05, 4.69) is 25.6 Å². The molecule has 2 unspecified atom stereocenters. The largest absolute Gasteiger partial charge is 0.433 e. The Morgan fingerprint density at radius 1 is 1.24 bits per heavy atom. The van der Waals surface area contributed by atoms with Gasteiger partial charge in [0.25, 0.3) is 0 Å². The minimum atomic E-state index is -4.68. The highest BCUT2D eigenvalue weighted by Gasteiger charge is 2.37. The molecule has 2 atom stereocenters. The molecule has 3 aromatic rings. The summed E-state index contributed by atoms with van der Waals surface area (Å²) in [6, 6.07) is 6.81. The van der Waals surface area contributed by atoms with Crippen molar-refractivity contribution in [3.05, 3.63) is 48.4 Å². The molecule has 1 aliphatic heterocycles. The second-order valence-corrected chi connectivity index (χ2v) is 10.2. The van der Waals surface area contributed by atoms with Gasteiger partial charge in [-0.25, -0.2) is 4.68 Å². The van der Waals surface area contributed by atoms with E-state index in [0.717, 1.165) is 18.9 Å². The summed E-state index contributed by atoms with van der Waals surface area (Å²) in [6.07, 6.45) is -0.990. The Labute approximate surface area is 217 Å². The summed E-state index contributed by atoms with van der Waals surface area (Å²) in [5.74, 6) is -0.352. The Hall–Kier alpha value is -3.42. The molecule has 1 amide bonds. The van der Waals surface area contributed by atoms with E-state index in [1.165, 1.54) is 24.5 Å². The molecule has 0 aromatic carbocycles. The number of alkyl halides is 3. The van der Waals surface area contributed by atoms with Crippen LogP contribution in [0.5, 0.6) is 0 Å². The number of aliphatic hydroxyl groups excluding tert-OH is 1. The Bertz CT molecular complexity index is 1230. The third-order valence-electron chi connectivity index (χ3n) is 5.89. The minimum Gasteiger partial charge on any atom is -0.356 e. The van der Waals surface area contributed by atoms with Crippen molar-refractivity contribution in [1.29, 1.82) is 0 Å². The van der Waals surface area contributed by atoms with Gasteiger partial charge in [0.05, 0.1) is 11.3 Å². The predicted octanol–water partition coefficient (Wildman–Crippen LogP) is 3.87. The third kappa shape index (κ3) is 7.11. The maximum atomic E-state index is 13.7. The quantitative estimate of drug-likeness (QED) is 0.440. The van der Waals surface area contributed by atoms with E-state index in [1.54, 1.807) is 17.0 Å². The minimum absolute atomic E-state index is 0.00137. The lowest BCUT2D eigenvalue weighted by Crippen LogP contribution is -2.47. The highest BCUT2D eigenvalue weighted by atomic mass is 19.4. The van der Waals surface area contributed by atoms with Gasteiger partial charge in [-0.05, 0) is 69.9 Å². The van der Waals surface area contributed by atoms with Crippen LogP contribution < -0.4 is 5.32 Å². The number of nitrogens with one attached hydrogen (secondary N) is 1. The molecule has 1 saturated heterocycles. The van der Waals surface area contributed by atoms with Crippen molar-refractivity contribution in [2.45, 2.75) is 58.2 Å². The second-order valence-electron chi connectivity index (χ2n) is 10.2. The summed E-state index contributed by atoms with van der Waals surface area (Å²) >= 11 is 0. The number of aliphatic hydroxyl groups is 1. The highest BCUT2D eigenvalue weighted by molar-refractivity contribution is 5.89. The molecular formula is C25H30F3N7O3. The molecule has 3 aromatic heterocycles. The van der Waals surface area contributed by atoms with E-state index in [4.69, 9.17) is 4.74 Å². The summed E-state index contributed by atoms with van der Waals surface area (Å²) in [5.41, 5.74) is -1.01. The van der Waals surface area contributed by atoms with Crippen LogP contribution >= 0.6 is 0 Å². The molecule has 0 saturated carbocycles. The van der Waals surface area contributed by atoms with Crippen LogP contribution in [0.4, 0.5) is 19.0 Å². The molecule has 10 nitrogen and oxygen atoms in total. The number of hydrogen-bond donors (Lipinski definition) is 2. The van der Waals surface area contributed by atoms with Gasteiger partial charge in [0.2, 0.25) is 12.3 Å². The number of halogens is 3. The second kappa shape index (κ2) is 11.1. The number of carbonyl (C=O) groups excluding carboxylic acids is 1. The van der Waals surface area contributed by atoms with Crippen molar-refractivity contribution in [3.8, 4) is 17.1 Å². The zero-order valence-electron chi connectivity index (χ0n) is 21.3. The number of piperidine rings is 1. The lowest BCUT2D eigenvalue weighted by Gasteiger charge is -2.37. The summed E-state index contributed by atoms with van der Waals surface area (Å²) in [5, 5.41) is 24.8. The average Bonchev–Trinajstić information content (AvgIpc) is 3.30. The van der Waals surface area contributed by atoms with Crippen molar-refractivity contribution in [2.75, 3.05) is 18.4 Å². The topological polar surface area (TPSA) is 118 Å². The van der Waals surface area contributed by atoms with E-state index >= 15 is 0 Å². The fraction of sp³-hybridized carbons (Fsp3) is 0.480. The van der Waals surface area contributed by atoms with Crippen molar-refractivity contribution in [3.63, 3.8) is 0 Å². The molecule has 2 N–H and O–H groups in total. The van der Waals surface area contributed by atoms with Crippen molar-refractivity contribution in [1.82, 2.24) is 29.9 Å². The van der Waals surface area contributed by atoms with Crippen LogP contribution in [0.2, 0.25) is 0 Å². The van der Waals surface area contributed by atoms with Gasteiger partial charge in [-0.3, -0.25) is 14.7 Å². The monoisotopic (exact) mass is 533 g/mol. The first-order valence-electron chi connectivity index (χ1n) is 12.2. The molecule has 0 aliphatic carbocycles. The smallest absolute Gasteiger partial charge is 0.356 e. The maximum Gasteiger partial charge on any atom is 0.433 e. The molecule has 38 heavy (non-hydrogen) atoms. The summed E-state index contributed by atoms with van der Waals surface area (Å²) in [6.45, 7) is 6.72. The van der Waals surface area contributed by atoms with Gasteiger partial charge in [0, 0.05) is 37.5 Å². The predicted molar refractivity (Wildman–Crippen MR) is 132 cm³/mol. The van der Waals surface area contributed by atoms with Gasteiger partial charge in [0.1, 0.15) is 0 Å². The molecule has 4 rings (SSSR count). The number of amides is 1. The Kier molecular flexibility index (Phi) is 8.09. The van der Waals surface area contributed by atoms with Crippen molar-refractivity contribution >= 4 is 11.7 Å². The molecule has 0 spiro atoms. The zero-order chi connectivity index (χ0) is 27.5. The van der Waals surface area contributed by atoms with Crippen LogP contribution in [-0.4, -0.2) is 66.0 Å². The molecule has 0 radical (unpaired) electrons. The number of aromatic nitrogens is 5. The first-order valence-corrected chi connectivity index (χ1v) is 12.2. The van der Waals surface area contributed by atoms with Gasteiger partial charge in [-0.15, -0.1) is 10.2 Å². The number of hydrogen-bond acceptors (Lipinski definition) is 8. The van der Waals surface area contributed by atoms with E-state index in [9.17, 15) is 23.1 Å². The lowest BCUT2D eigenvalue weighted by molar-refractivity contribution is -0.244. The average molecular weight is 534 g/mol. The number of nitrogens with zero attached hydrogens (tertiary/aromatic N) is 6. The Morgan fingerprint density at radius 3 is 2.66 bits per heavy atom. The number of pyridine rings is 1. The zero-order valence-corrected chi connectivity index (χ0v) is 21.3. The molecule has 0 bridgehead atoms. The fourth-order valence-corrected chi connectivity index (χ4v) is 4.23. The SMILES string of the molecule is CC(C)(C)OC(O)N1CCCC(CC(=O)Nc2ccc(-n3nc(-c4cccnc4)cc3C(F)(F)F)nn2)C1. The Morgan fingerprint density at radius 2 is 2.03 bits per heavy atom. The number of carbonyl (C=O) groups is 1. The van der Waals surface area contributed by atoms with E-state index in [-0.39, 0.29) is 35.6 Å². The van der Waals surface area contributed by atoms with E-state index in [1.807, 2.05) is 20.8 Å². The number of rotatable bonds is 7. The van der Waals surface area contributed by atoms with Gasteiger partial charge in [-0.1, -0.05) is 0 Å². The van der Waals surface area contributed by atoms with Crippen LogP contribution in [0.1, 0.15) is 45.7 Å². The lowest BCUT2D eigenvalue weighted by atomic mass is 9.94. The van der Waals surface area contributed by atoms with Crippen LogP contribution in [0.15, 0.2) is 42.7 Å². The fourth-order valence-electron chi connectivity index (χ4n) is 4.23. The number of likely N-dealkylation sites (tertiary alicyclic amines) is 1. The molecule has 1 fully saturated rings. The molecular weight excluding hydrogens is 503 g/mol. The standard InChI is InChI=1S/C25H30F3N7O3/c1-24(2,3)38-23(37)34-11-5-6-16(15-34)12-22(36)30-20-8-9-21(32-31-20)35-19(25(26,27)28)13-18(33-35)17-7-4-10-29-14-17/h4,7-10,13-14,16,23,37H,5-6,11-12,15H2,1-3H3,(H,30,31,36). The maximum absolute atomic E-state index is 13.7. The first-order chi connectivity index (χ1) is 17.9. The van der Waals surface area contributed by atoms with Crippen molar-refractivity contribution < 1.29 is 27.8 Å². The van der Waals surface area contributed by atoms with Gasteiger partial charge in [-0.2, -0.15) is 18.3 Å². The summed E-state index contributed by atoms with van der Waals surface area (Å²) < 4.78 is 47.3. The number of ether oxygens (including phenoxy) is 1. The Balaban J connectivity index is 1.41. The van der Waals surface area contributed by atoms with Crippen LogP contribution in [0.25, 0.3) is 17.1 Å². The van der Waals surface area contributed by atoms with E-state index < -0.39 is 23.9 Å². The highest BCUT2D eigenvalue weighted by Crippen LogP contribution is 2.33. The van der Waals surface area contributed by atoms with Crippen LogP contribution in [-0.2, 0) is 15.7 Å². The normalized spacial score (nSPS) is 17.8. The molecule has 4 heterocycles. The molecule has 1 aliphatic rings. The van der Waals surface area contributed by atoms with Gasteiger partial charge < -0.3 is 15.2 Å². The van der Waals surface area contributed by atoms with Gasteiger partial charge in [0.15, 0.2) is 17.3 Å². The first kappa shape index (κ1) is 27.6. The number of anilines is 1. The third-order valence-corrected chi connectivity index (χ3v) is 5.89. The van der Waals surface area contributed by atoms with Gasteiger partial charge >= 0.3 is 6.18 Å². The summed E-state index contributed by atoms with van der Waals surface area (Å²) in [7, 11) is 0. The summed E-state index contributed by atoms with van der Waals surface area (Å²) in [4.78, 5) is 18.3. The van der Waals surface area contributed by atoms with Crippen LogP contribution in [0, 0.1) is 5.92 Å². The molecule has 204 valence electrons. The molecule has 13 heteroatoms. The van der Waals surface area contributed by atoms with E-state index in [0.29, 0.717) is 23.3 Å². The van der Waals surface area contributed by atoms with Crippen molar-refractivity contribution in [2.24, 2.45) is 5.92 Å². The van der Waals surface area contributed by atoms with Crippen LogP contribution in [0.3, 0.4) is 0 Å².